The Bertz CT molecular complexity index is 1580. The first-order valence-corrected chi connectivity index (χ1v) is 16.4. The second-order valence-electron chi connectivity index (χ2n) is 11.8. The Hall–Kier alpha value is -3.62. The summed E-state index contributed by atoms with van der Waals surface area (Å²) in [6, 6.07) is 9.03. The molecule has 0 saturated carbocycles. The molecule has 5 heterocycles. The van der Waals surface area contributed by atoms with Crippen LogP contribution in [0.25, 0.3) is 11.0 Å². The summed E-state index contributed by atoms with van der Waals surface area (Å²) in [7, 11) is 0. The second-order valence-corrected chi connectivity index (χ2v) is 13.0. The van der Waals surface area contributed by atoms with Crippen LogP contribution in [-0.4, -0.2) is 86.6 Å². The largest absolute Gasteiger partial charge is 0.490 e. The summed E-state index contributed by atoms with van der Waals surface area (Å²) in [4.78, 5) is 49.2. The third-order valence-corrected chi connectivity index (χ3v) is 9.76. The van der Waals surface area contributed by atoms with E-state index in [4.69, 9.17) is 4.74 Å². The van der Waals surface area contributed by atoms with Gasteiger partial charge in [-0.15, -0.1) is 0 Å². The molecule has 3 saturated heterocycles. The Labute approximate surface area is 263 Å². The number of carbonyl (C=O) groups is 2. The number of amides is 2. The Morgan fingerprint density at radius 1 is 1.04 bits per heavy atom. The van der Waals surface area contributed by atoms with E-state index in [1.165, 1.54) is 6.20 Å². The minimum Gasteiger partial charge on any atom is -0.490 e. The van der Waals surface area contributed by atoms with E-state index in [2.05, 4.69) is 34.8 Å². The van der Waals surface area contributed by atoms with Gasteiger partial charge in [-0.25, -0.2) is 13.8 Å². The number of aromatic nitrogens is 3. The fraction of sp³-hybridized carbons (Fsp3) is 0.516. The van der Waals surface area contributed by atoms with Crippen molar-refractivity contribution in [1.82, 2.24) is 29.5 Å². The number of hydrogen-bond acceptors (Lipinski definition) is 10. The number of anilines is 1. The number of likely N-dealkylation sites (tertiary alicyclic amines) is 1. The minimum atomic E-state index is -2.85. The van der Waals surface area contributed by atoms with Gasteiger partial charge in [0.1, 0.15) is 17.5 Å². The van der Waals surface area contributed by atoms with Crippen molar-refractivity contribution in [2.75, 3.05) is 43.8 Å². The maximum atomic E-state index is 13.0. The van der Waals surface area contributed by atoms with Gasteiger partial charge in [0.15, 0.2) is 0 Å². The van der Waals surface area contributed by atoms with Crippen LogP contribution in [0.3, 0.4) is 0 Å². The van der Waals surface area contributed by atoms with Gasteiger partial charge < -0.3 is 19.9 Å². The number of nitrogens with zero attached hydrogens (tertiary/aromatic N) is 4. The maximum Gasteiger partial charge on any atom is 0.269 e. The van der Waals surface area contributed by atoms with E-state index in [1.54, 1.807) is 0 Å². The summed E-state index contributed by atoms with van der Waals surface area (Å²) in [5.41, 5.74) is -0.287. The van der Waals surface area contributed by atoms with E-state index in [0.29, 0.717) is 24.2 Å². The van der Waals surface area contributed by atoms with E-state index >= 15 is 0 Å². The third-order valence-electron chi connectivity index (χ3n) is 8.66. The summed E-state index contributed by atoms with van der Waals surface area (Å²) in [6.45, 7) is 4.82. The number of aromatic amines is 1. The Kier molecular flexibility index (Phi) is 9.91. The molecular weight excluding hydrogens is 604 g/mol. The molecule has 0 aliphatic carbocycles. The lowest BCUT2D eigenvalue weighted by molar-refractivity contribution is -0.134. The number of benzene rings is 1. The second kappa shape index (κ2) is 14.2. The number of alkyl halides is 2. The molecule has 0 spiro atoms. The van der Waals surface area contributed by atoms with Crippen LogP contribution in [0.1, 0.15) is 62.0 Å². The molecule has 0 bridgehead atoms. The zero-order valence-electron chi connectivity index (χ0n) is 24.8. The van der Waals surface area contributed by atoms with E-state index in [1.807, 2.05) is 36.2 Å². The first-order valence-electron chi connectivity index (χ1n) is 15.5. The maximum absolute atomic E-state index is 13.0. The molecule has 1 unspecified atom stereocenters. The van der Waals surface area contributed by atoms with Crippen molar-refractivity contribution < 1.29 is 23.1 Å². The fourth-order valence-corrected chi connectivity index (χ4v) is 7.18. The Balaban J connectivity index is 0.885. The molecule has 3 N–H and O–H groups in total. The number of hydrogen-bond donors (Lipinski definition) is 3. The van der Waals surface area contributed by atoms with E-state index in [0.717, 1.165) is 81.5 Å². The van der Waals surface area contributed by atoms with Crippen molar-refractivity contribution in [2.24, 2.45) is 0 Å². The predicted molar refractivity (Wildman–Crippen MR) is 167 cm³/mol. The molecule has 6 rings (SSSR count). The molecule has 3 aliphatic rings. The molecule has 1 atom stereocenters. The van der Waals surface area contributed by atoms with Crippen molar-refractivity contribution in [3.05, 3.63) is 58.0 Å². The Morgan fingerprint density at radius 3 is 2.60 bits per heavy atom. The van der Waals surface area contributed by atoms with Crippen LogP contribution < -0.4 is 20.9 Å². The van der Waals surface area contributed by atoms with Gasteiger partial charge in [0.25, 0.3) is 12.0 Å². The molecular formula is C31H37F2N7O4S. The number of halogens is 2. The average Bonchev–Trinajstić information content (AvgIpc) is 3.02. The zero-order valence-corrected chi connectivity index (χ0v) is 25.7. The van der Waals surface area contributed by atoms with Crippen LogP contribution in [0.2, 0.25) is 0 Å². The molecule has 3 fully saturated rings. The van der Waals surface area contributed by atoms with E-state index < -0.39 is 17.5 Å². The third kappa shape index (κ3) is 7.97. The van der Waals surface area contributed by atoms with Crippen LogP contribution in [0, 0.1) is 0 Å². The first-order chi connectivity index (χ1) is 21.8. The fourth-order valence-electron chi connectivity index (χ4n) is 6.11. The van der Waals surface area contributed by atoms with Gasteiger partial charge in [0.2, 0.25) is 17.8 Å². The highest BCUT2D eigenvalue weighted by Crippen LogP contribution is 2.29. The van der Waals surface area contributed by atoms with Gasteiger partial charge in [-0.2, -0.15) is 4.98 Å². The van der Waals surface area contributed by atoms with Gasteiger partial charge in [-0.3, -0.25) is 24.0 Å². The normalized spacial score (nSPS) is 20.9. The molecule has 2 amide bonds. The monoisotopic (exact) mass is 641 g/mol. The van der Waals surface area contributed by atoms with Crippen LogP contribution in [-0.2, 0) is 9.59 Å². The molecule has 240 valence electrons. The molecule has 3 aromatic rings. The number of piperidine rings is 3. The molecule has 3 aliphatic heterocycles. The quantitative estimate of drug-likeness (QED) is 0.222. The lowest BCUT2D eigenvalue weighted by Gasteiger charge is -2.34. The minimum absolute atomic E-state index is 0.138. The molecule has 14 heteroatoms. The number of nitrogens with one attached hydrogen (secondary N) is 3. The van der Waals surface area contributed by atoms with Crippen LogP contribution in [0.15, 0.2) is 41.3 Å². The van der Waals surface area contributed by atoms with Gasteiger partial charge in [0, 0.05) is 62.5 Å². The topological polar surface area (TPSA) is 133 Å². The summed E-state index contributed by atoms with van der Waals surface area (Å²) in [6.07, 6.45) is 3.36. The molecule has 1 aromatic carbocycles. The number of carbonyl (C=O) groups excluding carboxylic acids is 2. The van der Waals surface area contributed by atoms with E-state index in [9.17, 15) is 23.2 Å². The summed E-state index contributed by atoms with van der Waals surface area (Å²) in [5, 5.41) is 6.12. The summed E-state index contributed by atoms with van der Waals surface area (Å²) in [5.74, 6) is 1.41. The molecule has 11 nitrogen and oxygen atoms in total. The van der Waals surface area contributed by atoms with Gasteiger partial charge >= 0.3 is 0 Å². The average molecular weight is 642 g/mol. The summed E-state index contributed by atoms with van der Waals surface area (Å²) < 4.78 is 34.7. The van der Waals surface area contributed by atoms with Crippen molar-refractivity contribution in [1.29, 1.82) is 0 Å². The summed E-state index contributed by atoms with van der Waals surface area (Å²) >= 11 is 1.87. The highest BCUT2D eigenvalue weighted by Gasteiger charge is 2.29. The zero-order chi connectivity index (χ0) is 31.3. The highest BCUT2D eigenvalue weighted by molar-refractivity contribution is 7.97. The van der Waals surface area contributed by atoms with Gasteiger partial charge in [-0.05, 0) is 55.9 Å². The highest BCUT2D eigenvalue weighted by atomic mass is 32.2. The van der Waals surface area contributed by atoms with Crippen molar-refractivity contribution in [3.63, 3.8) is 0 Å². The number of rotatable bonds is 10. The number of H-pyrrole nitrogens is 1. The van der Waals surface area contributed by atoms with Crippen LogP contribution in [0.4, 0.5) is 14.7 Å². The van der Waals surface area contributed by atoms with Crippen LogP contribution in [0.5, 0.6) is 5.75 Å². The number of ether oxygens (including phenoxy) is 1. The Morgan fingerprint density at radius 2 is 1.84 bits per heavy atom. The van der Waals surface area contributed by atoms with Crippen molar-refractivity contribution in [2.45, 2.75) is 63.0 Å². The standard InChI is InChI=1S/C31H37F2N7O4S/c32-27(33)25-17-20-18-34-31(38-28(20)37-30(25)43)35-21-6-12-40(13-7-21)45-15-14-39-10-8-22(9-11-39)44-23-3-1-2-19(16-23)24-4-5-26(41)36-29(24)42/h1-3,16-18,21-22,24,27H,4-15H2,(H,36,41,42)(H2,34,35,37,38,43). The van der Waals surface area contributed by atoms with Crippen molar-refractivity contribution in [3.8, 4) is 5.75 Å². The van der Waals surface area contributed by atoms with E-state index in [-0.39, 0.29) is 35.5 Å². The van der Waals surface area contributed by atoms with Crippen LogP contribution >= 0.6 is 11.9 Å². The first kappa shape index (κ1) is 31.4. The molecule has 2 aromatic heterocycles. The number of fused-ring (bicyclic) bond motifs is 1. The smallest absolute Gasteiger partial charge is 0.269 e. The van der Waals surface area contributed by atoms with Crippen molar-refractivity contribution >= 4 is 40.7 Å². The van der Waals surface area contributed by atoms with Gasteiger partial charge in [0.05, 0.1) is 11.5 Å². The predicted octanol–water partition coefficient (Wildman–Crippen LogP) is 3.84. The lowest BCUT2D eigenvalue weighted by Crippen LogP contribution is -2.40. The SMILES string of the molecule is O=C1CCC(c2cccc(OC3CCN(CCSN4CCC(Nc5ncc6cc(C(F)F)c(=O)[nH]c6n5)CC4)CC3)c2)C(=O)N1. The lowest BCUT2D eigenvalue weighted by atomic mass is 9.90. The number of pyridine rings is 1. The number of imide groups is 1. The molecule has 0 radical (unpaired) electrons. The van der Waals surface area contributed by atoms with Gasteiger partial charge in [-0.1, -0.05) is 24.1 Å². The molecule has 45 heavy (non-hydrogen) atoms.